The summed E-state index contributed by atoms with van der Waals surface area (Å²) in [4.78, 5) is 1.18. The summed E-state index contributed by atoms with van der Waals surface area (Å²) in [5.41, 5.74) is 2.13. The van der Waals surface area contributed by atoms with Gasteiger partial charge in [0.05, 0.1) is 11.6 Å². The van der Waals surface area contributed by atoms with Crippen molar-refractivity contribution in [3.63, 3.8) is 0 Å². The Hall–Kier alpha value is -2.20. The molecule has 1 atom stereocenters. The Labute approximate surface area is 123 Å². The molecule has 0 fully saturated rings. The summed E-state index contributed by atoms with van der Waals surface area (Å²) >= 11 is 1.68. The zero-order valence-electron chi connectivity index (χ0n) is 11.0. The number of nitriles is 1. The number of aliphatic hydroxyl groups is 1. The maximum Gasteiger partial charge on any atom is 0.140 e. The van der Waals surface area contributed by atoms with E-state index in [0.29, 0.717) is 11.1 Å². The maximum absolute atomic E-state index is 9.99. The molecule has 0 radical (unpaired) electrons. The van der Waals surface area contributed by atoms with Gasteiger partial charge in [0.25, 0.3) is 0 Å². The lowest BCUT2D eigenvalue weighted by Crippen LogP contribution is -1.93. The van der Waals surface area contributed by atoms with Gasteiger partial charge in [0.2, 0.25) is 0 Å². The Morgan fingerprint density at radius 1 is 1.00 bits per heavy atom. The third kappa shape index (κ3) is 3.65. The lowest BCUT2D eigenvalue weighted by atomic mass is 10.1. The molecule has 2 rings (SSSR count). The fourth-order valence-electron chi connectivity index (χ4n) is 1.65. The molecule has 0 heterocycles. The zero-order chi connectivity index (χ0) is 14.4. The van der Waals surface area contributed by atoms with Crippen molar-refractivity contribution in [2.24, 2.45) is 0 Å². The molecule has 2 aromatic rings. The first kappa shape index (κ1) is 14.2. The van der Waals surface area contributed by atoms with Crippen LogP contribution in [0.4, 0.5) is 0 Å². The molecular formula is C17H13NOS. The van der Waals surface area contributed by atoms with Crippen molar-refractivity contribution in [3.05, 3.63) is 65.2 Å². The normalized spacial score (nSPS) is 11.1. The smallest absolute Gasteiger partial charge is 0.140 e. The van der Waals surface area contributed by atoms with Crippen LogP contribution in [0, 0.1) is 23.2 Å². The van der Waals surface area contributed by atoms with Gasteiger partial charge in [-0.1, -0.05) is 24.0 Å². The minimum absolute atomic E-state index is 0.571. The number of nitrogens with zero attached hydrogens (tertiary/aromatic N) is 1. The molecule has 0 aliphatic carbocycles. The van der Waals surface area contributed by atoms with E-state index < -0.39 is 6.10 Å². The minimum atomic E-state index is -0.844. The first-order chi connectivity index (χ1) is 9.72. The molecule has 0 spiro atoms. The average Bonchev–Trinajstić information content (AvgIpc) is 2.53. The Balaban J connectivity index is 2.12. The first-order valence-corrected chi connectivity index (χ1v) is 7.29. The molecule has 0 aromatic heterocycles. The Bertz CT molecular complexity index is 672. The van der Waals surface area contributed by atoms with Crippen molar-refractivity contribution in [2.45, 2.75) is 11.0 Å². The highest BCUT2D eigenvalue weighted by molar-refractivity contribution is 7.98. The van der Waals surface area contributed by atoms with E-state index in [1.165, 1.54) is 4.90 Å². The van der Waals surface area contributed by atoms with Crippen LogP contribution >= 0.6 is 11.8 Å². The van der Waals surface area contributed by atoms with E-state index in [0.717, 1.165) is 5.56 Å². The number of benzene rings is 2. The second-order valence-electron chi connectivity index (χ2n) is 4.13. The zero-order valence-corrected chi connectivity index (χ0v) is 11.8. The van der Waals surface area contributed by atoms with Gasteiger partial charge in [-0.2, -0.15) is 5.26 Å². The lowest BCUT2D eigenvalue weighted by molar-refractivity contribution is 0.238. The van der Waals surface area contributed by atoms with Gasteiger partial charge in [-0.3, -0.25) is 0 Å². The van der Waals surface area contributed by atoms with Crippen LogP contribution in [0.3, 0.4) is 0 Å². The van der Waals surface area contributed by atoms with E-state index in [1.54, 1.807) is 36.0 Å². The van der Waals surface area contributed by atoms with Crippen LogP contribution in [0.1, 0.15) is 22.8 Å². The molecular weight excluding hydrogens is 266 g/mol. The molecule has 0 amide bonds. The van der Waals surface area contributed by atoms with E-state index in [9.17, 15) is 5.11 Å². The lowest BCUT2D eigenvalue weighted by Gasteiger charge is -2.03. The van der Waals surface area contributed by atoms with Gasteiger partial charge in [0, 0.05) is 10.5 Å². The van der Waals surface area contributed by atoms with Crippen molar-refractivity contribution in [2.75, 3.05) is 6.26 Å². The largest absolute Gasteiger partial charge is 0.376 e. The molecule has 1 N–H and O–H groups in total. The summed E-state index contributed by atoms with van der Waals surface area (Å²) in [5, 5.41) is 18.7. The van der Waals surface area contributed by atoms with E-state index in [4.69, 9.17) is 5.26 Å². The number of aliphatic hydroxyl groups excluding tert-OH is 1. The van der Waals surface area contributed by atoms with Gasteiger partial charge in [0.15, 0.2) is 0 Å². The van der Waals surface area contributed by atoms with Gasteiger partial charge < -0.3 is 5.11 Å². The SMILES string of the molecule is CSc1ccc(C#C[C@@H](O)c2ccc(C#N)cc2)cc1. The topological polar surface area (TPSA) is 44.0 Å². The summed E-state index contributed by atoms with van der Waals surface area (Å²) in [5.74, 6) is 5.75. The highest BCUT2D eigenvalue weighted by atomic mass is 32.2. The van der Waals surface area contributed by atoms with Crippen LogP contribution in [0.25, 0.3) is 0 Å². The van der Waals surface area contributed by atoms with Gasteiger partial charge in [-0.15, -0.1) is 11.8 Å². The second-order valence-corrected chi connectivity index (χ2v) is 5.01. The van der Waals surface area contributed by atoms with Crippen molar-refractivity contribution >= 4 is 11.8 Å². The summed E-state index contributed by atoms with van der Waals surface area (Å²) in [6.07, 6.45) is 1.18. The summed E-state index contributed by atoms with van der Waals surface area (Å²) < 4.78 is 0. The molecule has 0 aliphatic rings. The first-order valence-electron chi connectivity index (χ1n) is 6.06. The highest BCUT2D eigenvalue weighted by Crippen LogP contribution is 2.15. The molecule has 2 nitrogen and oxygen atoms in total. The highest BCUT2D eigenvalue weighted by Gasteiger charge is 2.03. The number of thioether (sulfide) groups is 1. The molecule has 0 unspecified atom stereocenters. The summed E-state index contributed by atoms with van der Waals surface area (Å²) in [6, 6.07) is 16.7. The Kier molecular flexibility index (Phi) is 4.85. The van der Waals surface area contributed by atoms with E-state index in [1.807, 2.05) is 36.6 Å². The van der Waals surface area contributed by atoms with Gasteiger partial charge in [0.1, 0.15) is 6.10 Å². The molecule has 3 heteroatoms. The second kappa shape index (κ2) is 6.82. The maximum atomic E-state index is 9.99. The van der Waals surface area contributed by atoms with E-state index in [-0.39, 0.29) is 0 Å². The number of hydrogen-bond acceptors (Lipinski definition) is 3. The van der Waals surface area contributed by atoms with Crippen LogP contribution in [0.5, 0.6) is 0 Å². The number of hydrogen-bond donors (Lipinski definition) is 1. The van der Waals surface area contributed by atoms with Crippen molar-refractivity contribution in [1.82, 2.24) is 0 Å². The minimum Gasteiger partial charge on any atom is -0.376 e. The fourth-order valence-corrected chi connectivity index (χ4v) is 2.06. The Morgan fingerprint density at radius 2 is 1.60 bits per heavy atom. The molecule has 0 bridgehead atoms. The monoisotopic (exact) mass is 279 g/mol. The number of rotatable bonds is 2. The van der Waals surface area contributed by atoms with Crippen LogP contribution in [-0.2, 0) is 0 Å². The van der Waals surface area contributed by atoms with Gasteiger partial charge in [-0.25, -0.2) is 0 Å². The third-order valence-electron chi connectivity index (χ3n) is 2.80. The predicted molar refractivity (Wildman–Crippen MR) is 81.2 cm³/mol. The molecule has 0 aliphatic heterocycles. The summed E-state index contributed by atoms with van der Waals surface area (Å²) in [6.45, 7) is 0. The average molecular weight is 279 g/mol. The van der Waals surface area contributed by atoms with E-state index in [2.05, 4.69) is 11.8 Å². The molecule has 0 saturated heterocycles. The van der Waals surface area contributed by atoms with Crippen LogP contribution in [0.15, 0.2) is 53.4 Å². The van der Waals surface area contributed by atoms with Crippen molar-refractivity contribution in [1.29, 1.82) is 5.26 Å². The van der Waals surface area contributed by atoms with Crippen LogP contribution in [-0.4, -0.2) is 11.4 Å². The van der Waals surface area contributed by atoms with E-state index >= 15 is 0 Å². The molecule has 20 heavy (non-hydrogen) atoms. The molecule has 2 aromatic carbocycles. The standard InChI is InChI=1S/C17H13NOS/c1-20-16-9-4-13(5-10-16)6-11-17(19)15-7-2-14(12-18)3-8-15/h2-5,7-10,17,19H,1H3/t17-/m1/s1. The van der Waals surface area contributed by atoms with Gasteiger partial charge >= 0.3 is 0 Å². The van der Waals surface area contributed by atoms with Crippen molar-refractivity contribution in [3.8, 4) is 17.9 Å². The van der Waals surface area contributed by atoms with Gasteiger partial charge in [-0.05, 0) is 48.2 Å². The summed E-state index contributed by atoms with van der Waals surface area (Å²) in [7, 11) is 0. The fraction of sp³-hybridized carbons (Fsp3) is 0.118. The van der Waals surface area contributed by atoms with Crippen LogP contribution in [0.2, 0.25) is 0 Å². The third-order valence-corrected chi connectivity index (χ3v) is 3.54. The molecule has 98 valence electrons. The van der Waals surface area contributed by atoms with Crippen molar-refractivity contribution < 1.29 is 5.11 Å². The predicted octanol–water partition coefficient (Wildman–Crippen LogP) is 3.37. The van der Waals surface area contributed by atoms with Crippen LogP contribution < -0.4 is 0 Å². The Morgan fingerprint density at radius 3 is 2.15 bits per heavy atom. The quantitative estimate of drug-likeness (QED) is 0.677. The molecule has 0 saturated carbocycles.